The van der Waals surface area contributed by atoms with Crippen molar-refractivity contribution in [3.63, 3.8) is 0 Å². The van der Waals surface area contributed by atoms with E-state index in [0.717, 1.165) is 28.1 Å². The molecule has 1 aliphatic carbocycles. The molecule has 2 aliphatic rings. The molecule has 0 spiro atoms. The van der Waals surface area contributed by atoms with Crippen LogP contribution in [0.4, 0.5) is 0 Å². The second-order valence-electron chi connectivity index (χ2n) is 6.74. The lowest BCUT2D eigenvalue weighted by atomic mass is 10.2. The molecule has 6 nitrogen and oxygen atoms in total. The molecule has 3 heterocycles. The topological polar surface area (TPSA) is 80.2 Å². The number of nitrogens with zero attached hydrogens (tertiary/aromatic N) is 3. The van der Waals surface area contributed by atoms with Crippen molar-refractivity contribution >= 4 is 49.1 Å². The van der Waals surface area contributed by atoms with Crippen molar-refractivity contribution in [2.24, 2.45) is 0 Å². The first-order valence-corrected chi connectivity index (χ1v) is 12.5. The lowest BCUT2D eigenvalue weighted by Gasteiger charge is -2.26. The van der Waals surface area contributed by atoms with E-state index in [0.29, 0.717) is 13.0 Å². The van der Waals surface area contributed by atoms with E-state index in [4.69, 9.17) is 0 Å². The number of hydrogen-bond acceptors (Lipinski definition) is 7. The number of rotatable bonds is 5. The Morgan fingerprint density at radius 3 is 2.96 bits per heavy atom. The molecular formula is C17H21N3O3S3. The molecule has 1 atom stereocenters. The molecule has 0 saturated carbocycles. The molecule has 1 saturated heterocycles. The number of fused-ring (bicyclic) bond motifs is 3. The predicted octanol–water partition coefficient (Wildman–Crippen LogP) is 2.31. The van der Waals surface area contributed by atoms with Crippen LogP contribution in [0.3, 0.4) is 0 Å². The van der Waals surface area contributed by atoms with Crippen LogP contribution in [-0.2, 0) is 27.5 Å². The molecule has 1 fully saturated rings. The summed E-state index contributed by atoms with van der Waals surface area (Å²) in [5.41, 5.74) is 1.36. The second-order valence-corrected chi connectivity index (χ2v) is 11.0. The third kappa shape index (κ3) is 3.36. The van der Waals surface area contributed by atoms with Crippen LogP contribution in [0.5, 0.6) is 0 Å². The van der Waals surface area contributed by atoms with Crippen LogP contribution >= 0.6 is 23.1 Å². The molecule has 0 bridgehead atoms. The Morgan fingerprint density at radius 2 is 2.23 bits per heavy atom. The first-order chi connectivity index (χ1) is 12.5. The minimum absolute atomic E-state index is 0.0155. The summed E-state index contributed by atoms with van der Waals surface area (Å²) < 4.78 is 23.5. The highest BCUT2D eigenvalue weighted by Gasteiger charge is 2.34. The summed E-state index contributed by atoms with van der Waals surface area (Å²) in [5.74, 6) is 0.536. The number of amides is 1. The number of carbonyl (C=O) groups excluding carboxylic acids is 1. The number of hydrogen-bond donors (Lipinski definition) is 0. The summed E-state index contributed by atoms with van der Waals surface area (Å²) in [4.78, 5) is 25.7. The average Bonchev–Trinajstić information content (AvgIpc) is 3.27. The molecule has 26 heavy (non-hydrogen) atoms. The summed E-state index contributed by atoms with van der Waals surface area (Å²) in [6.07, 6.45) is 5.46. The van der Waals surface area contributed by atoms with Gasteiger partial charge in [0.25, 0.3) is 0 Å². The normalized spacial score (nSPS) is 21.2. The lowest BCUT2D eigenvalue weighted by Crippen LogP contribution is -2.41. The van der Waals surface area contributed by atoms with Gasteiger partial charge in [-0.25, -0.2) is 18.4 Å². The molecule has 0 aromatic carbocycles. The molecule has 1 amide bonds. The van der Waals surface area contributed by atoms with Gasteiger partial charge in [-0.15, -0.1) is 11.3 Å². The first kappa shape index (κ1) is 18.2. The number of thioether (sulfide) groups is 1. The van der Waals surface area contributed by atoms with Crippen molar-refractivity contribution < 1.29 is 13.2 Å². The second kappa shape index (κ2) is 7.09. The Kier molecular flexibility index (Phi) is 4.96. The molecule has 0 radical (unpaired) electrons. The standard InChI is InChI=1S/C17H21N3O3S3/c1-2-20(11-6-7-26(22,23)9-11)14(21)8-24-16-15-12-4-3-5-13(12)25-17(15)19-10-18-16/h10-11H,2-9H2,1H3/t11-/m0/s1. The van der Waals surface area contributed by atoms with Crippen LogP contribution in [0, 0.1) is 0 Å². The van der Waals surface area contributed by atoms with Gasteiger partial charge in [-0.1, -0.05) is 11.8 Å². The van der Waals surface area contributed by atoms with E-state index in [1.165, 1.54) is 28.6 Å². The monoisotopic (exact) mass is 411 g/mol. The summed E-state index contributed by atoms with van der Waals surface area (Å²) in [5, 5.41) is 1.99. The quantitative estimate of drug-likeness (QED) is 0.555. The highest BCUT2D eigenvalue weighted by Crippen LogP contribution is 2.40. The maximum atomic E-state index is 12.7. The fourth-order valence-electron chi connectivity index (χ4n) is 3.88. The van der Waals surface area contributed by atoms with Crippen molar-refractivity contribution in [3.05, 3.63) is 16.8 Å². The average molecular weight is 412 g/mol. The first-order valence-electron chi connectivity index (χ1n) is 8.86. The number of carbonyl (C=O) groups is 1. The highest BCUT2D eigenvalue weighted by molar-refractivity contribution is 8.00. The summed E-state index contributed by atoms with van der Waals surface area (Å²) in [7, 11) is -3.00. The molecular weight excluding hydrogens is 390 g/mol. The number of aromatic nitrogens is 2. The van der Waals surface area contributed by atoms with Crippen molar-refractivity contribution in [1.29, 1.82) is 0 Å². The van der Waals surface area contributed by atoms with Crippen LogP contribution in [0.2, 0.25) is 0 Å². The van der Waals surface area contributed by atoms with Crippen LogP contribution in [0.15, 0.2) is 11.4 Å². The summed E-state index contributed by atoms with van der Waals surface area (Å²) in [6, 6.07) is -0.186. The van der Waals surface area contributed by atoms with Crippen LogP contribution in [0.1, 0.15) is 30.2 Å². The Labute approximate surface area is 161 Å². The zero-order chi connectivity index (χ0) is 18.3. The third-order valence-electron chi connectivity index (χ3n) is 5.11. The van der Waals surface area contributed by atoms with Gasteiger partial charge < -0.3 is 4.90 Å². The van der Waals surface area contributed by atoms with Gasteiger partial charge in [0.1, 0.15) is 16.2 Å². The Bertz CT molecular complexity index is 955. The molecule has 2 aromatic rings. The van der Waals surface area contributed by atoms with Gasteiger partial charge in [0, 0.05) is 22.8 Å². The maximum absolute atomic E-state index is 12.7. The van der Waals surface area contributed by atoms with Crippen molar-refractivity contribution in [2.75, 3.05) is 23.8 Å². The molecule has 0 unspecified atom stereocenters. The lowest BCUT2D eigenvalue weighted by molar-refractivity contribution is -0.129. The molecule has 4 rings (SSSR count). The van der Waals surface area contributed by atoms with Crippen LogP contribution in [-0.4, -0.2) is 59.0 Å². The van der Waals surface area contributed by atoms with Crippen molar-refractivity contribution in [2.45, 2.75) is 43.7 Å². The van der Waals surface area contributed by atoms with E-state index in [1.807, 2.05) is 6.92 Å². The van der Waals surface area contributed by atoms with E-state index < -0.39 is 9.84 Å². The predicted molar refractivity (Wildman–Crippen MR) is 105 cm³/mol. The molecule has 1 aliphatic heterocycles. The van der Waals surface area contributed by atoms with E-state index in [-0.39, 0.29) is 29.2 Å². The molecule has 140 valence electrons. The smallest absolute Gasteiger partial charge is 0.233 e. The van der Waals surface area contributed by atoms with Gasteiger partial charge in [0.2, 0.25) is 5.91 Å². The number of thiophene rings is 1. The van der Waals surface area contributed by atoms with Gasteiger partial charge in [-0.05, 0) is 38.2 Å². The highest BCUT2D eigenvalue weighted by atomic mass is 32.2. The number of aryl methyl sites for hydroxylation is 2. The van der Waals surface area contributed by atoms with Crippen molar-refractivity contribution in [1.82, 2.24) is 14.9 Å². The minimum atomic E-state index is -3.00. The SMILES string of the molecule is CCN(C(=O)CSc1ncnc2sc3c(c12)CCC3)[C@H]1CCS(=O)(=O)C1. The van der Waals surface area contributed by atoms with Crippen LogP contribution in [0.25, 0.3) is 10.2 Å². The van der Waals surface area contributed by atoms with Gasteiger partial charge in [-0.2, -0.15) is 0 Å². The largest absolute Gasteiger partial charge is 0.338 e. The van der Waals surface area contributed by atoms with Crippen LogP contribution < -0.4 is 0 Å². The summed E-state index contributed by atoms with van der Waals surface area (Å²) in [6.45, 7) is 2.44. The minimum Gasteiger partial charge on any atom is -0.338 e. The van der Waals surface area contributed by atoms with Gasteiger partial charge >= 0.3 is 0 Å². The molecule has 2 aromatic heterocycles. The van der Waals surface area contributed by atoms with Crippen molar-refractivity contribution in [3.8, 4) is 0 Å². The number of sulfone groups is 1. The Hall–Kier alpha value is -1.19. The molecule has 0 N–H and O–H groups in total. The van der Waals surface area contributed by atoms with Gasteiger partial charge in [-0.3, -0.25) is 4.79 Å². The third-order valence-corrected chi connectivity index (χ3v) is 9.03. The van der Waals surface area contributed by atoms with E-state index in [9.17, 15) is 13.2 Å². The van der Waals surface area contributed by atoms with E-state index in [1.54, 1.807) is 22.6 Å². The fraction of sp³-hybridized carbons (Fsp3) is 0.588. The van der Waals surface area contributed by atoms with E-state index >= 15 is 0 Å². The van der Waals surface area contributed by atoms with Gasteiger partial charge in [0.05, 0.1) is 17.3 Å². The fourth-order valence-corrected chi connectivity index (χ4v) is 7.82. The molecule has 9 heteroatoms. The Balaban J connectivity index is 1.50. The van der Waals surface area contributed by atoms with Gasteiger partial charge in [0.15, 0.2) is 9.84 Å². The zero-order valence-corrected chi connectivity index (χ0v) is 17.1. The summed E-state index contributed by atoms with van der Waals surface area (Å²) >= 11 is 3.19. The maximum Gasteiger partial charge on any atom is 0.233 e. The zero-order valence-electron chi connectivity index (χ0n) is 14.6. The Morgan fingerprint density at radius 1 is 1.38 bits per heavy atom. The van der Waals surface area contributed by atoms with E-state index in [2.05, 4.69) is 9.97 Å².